The molecule has 21 heavy (non-hydrogen) atoms. The highest BCUT2D eigenvalue weighted by molar-refractivity contribution is 4.96. The van der Waals surface area contributed by atoms with Crippen LogP contribution in [-0.4, -0.2) is 23.4 Å². The largest absolute Gasteiger partial charge is 0.393 e. The van der Waals surface area contributed by atoms with Gasteiger partial charge in [0.2, 0.25) is 0 Å². The lowest BCUT2D eigenvalue weighted by Gasteiger charge is -2.49. The van der Waals surface area contributed by atoms with Gasteiger partial charge in [0, 0.05) is 6.61 Å². The molecule has 1 spiro atoms. The van der Waals surface area contributed by atoms with Crippen molar-refractivity contribution >= 4 is 0 Å². The highest BCUT2D eigenvalue weighted by Gasteiger charge is 2.45. The van der Waals surface area contributed by atoms with E-state index >= 15 is 0 Å². The smallest absolute Gasteiger partial charge is 0.0686 e. The summed E-state index contributed by atoms with van der Waals surface area (Å²) in [6.45, 7) is 5.61. The van der Waals surface area contributed by atoms with Crippen LogP contribution in [0.2, 0.25) is 0 Å². The molecule has 1 heterocycles. The quantitative estimate of drug-likeness (QED) is 0.800. The molecule has 2 saturated carbocycles. The molecule has 0 amide bonds. The molecule has 3 fully saturated rings. The Morgan fingerprint density at radius 2 is 1.67 bits per heavy atom. The van der Waals surface area contributed by atoms with Gasteiger partial charge in [0.15, 0.2) is 0 Å². The van der Waals surface area contributed by atoms with E-state index in [1.54, 1.807) is 0 Å². The van der Waals surface area contributed by atoms with Gasteiger partial charge in [0.25, 0.3) is 0 Å². The van der Waals surface area contributed by atoms with Crippen LogP contribution in [0.1, 0.15) is 84.5 Å². The van der Waals surface area contributed by atoms with Crippen LogP contribution in [0.5, 0.6) is 0 Å². The third-order valence-electron chi connectivity index (χ3n) is 6.78. The van der Waals surface area contributed by atoms with Crippen LogP contribution < -0.4 is 0 Å². The van der Waals surface area contributed by atoms with Crippen molar-refractivity contribution in [1.82, 2.24) is 0 Å². The monoisotopic (exact) mass is 294 g/mol. The molecule has 2 nitrogen and oxygen atoms in total. The predicted molar refractivity (Wildman–Crippen MR) is 86.2 cm³/mol. The number of aliphatic hydroxyl groups excluding tert-OH is 1. The van der Waals surface area contributed by atoms with Gasteiger partial charge in [-0.1, -0.05) is 46.0 Å². The molecule has 1 saturated heterocycles. The SMILES string of the molecule is CC1(C)CCCCC1C(O)C1CCOC2(CCCCC2)C1. The zero-order valence-electron chi connectivity index (χ0n) is 14.1. The predicted octanol–water partition coefficient (Wildman–Crippen LogP) is 4.69. The van der Waals surface area contributed by atoms with Crippen LogP contribution in [0.3, 0.4) is 0 Å². The van der Waals surface area contributed by atoms with Crippen LogP contribution in [0, 0.1) is 17.3 Å². The van der Waals surface area contributed by atoms with E-state index in [0.717, 1.165) is 19.4 Å². The van der Waals surface area contributed by atoms with Gasteiger partial charge in [-0.15, -0.1) is 0 Å². The Hall–Kier alpha value is -0.0800. The average Bonchev–Trinajstić information content (AvgIpc) is 2.47. The molecular weight excluding hydrogens is 260 g/mol. The fourth-order valence-corrected chi connectivity index (χ4v) is 5.38. The van der Waals surface area contributed by atoms with Crippen molar-refractivity contribution in [2.24, 2.45) is 17.3 Å². The fourth-order valence-electron chi connectivity index (χ4n) is 5.38. The molecule has 0 aromatic heterocycles. The summed E-state index contributed by atoms with van der Waals surface area (Å²) < 4.78 is 6.22. The number of hydrogen-bond donors (Lipinski definition) is 1. The zero-order chi connectivity index (χ0) is 14.9. The minimum absolute atomic E-state index is 0.108. The van der Waals surface area contributed by atoms with Crippen molar-refractivity contribution in [3.8, 4) is 0 Å². The van der Waals surface area contributed by atoms with Gasteiger partial charge in [-0.2, -0.15) is 0 Å². The highest BCUT2D eigenvalue weighted by Crippen LogP contribution is 2.48. The molecular formula is C19H34O2. The van der Waals surface area contributed by atoms with E-state index in [1.165, 1.54) is 57.8 Å². The second-order valence-corrected chi connectivity index (χ2v) is 8.68. The van der Waals surface area contributed by atoms with E-state index in [9.17, 15) is 5.11 Å². The number of hydrogen-bond acceptors (Lipinski definition) is 2. The van der Waals surface area contributed by atoms with E-state index in [0.29, 0.717) is 17.3 Å². The first-order valence-corrected chi connectivity index (χ1v) is 9.35. The lowest BCUT2D eigenvalue weighted by atomic mass is 9.62. The Morgan fingerprint density at radius 1 is 0.952 bits per heavy atom. The lowest BCUT2D eigenvalue weighted by molar-refractivity contribution is -0.147. The summed E-state index contributed by atoms with van der Waals surface area (Å²) in [5, 5.41) is 11.1. The van der Waals surface area contributed by atoms with Gasteiger partial charge in [0.1, 0.15) is 0 Å². The van der Waals surface area contributed by atoms with Gasteiger partial charge in [0.05, 0.1) is 11.7 Å². The van der Waals surface area contributed by atoms with Crippen molar-refractivity contribution in [3.63, 3.8) is 0 Å². The Labute approximate surface area is 130 Å². The maximum Gasteiger partial charge on any atom is 0.0686 e. The molecule has 3 rings (SSSR count). The van der Waals surface area contributed by atoms with Crippen LogP contribution in [0.15, 0.2) is 0 Å². The third kappa shape index (κ3) is 3.32. The number of aliphatic hydroxyl groups is 1. The molecule has 1 N–H and O–H groups in total. The fraction of sp³-hybridized carbons (Fsp3) is 1.00. The highest BCUT2D eigenvalue weighted by atomic mass is 16.5. The molecule has 122 valence electrons. The van der Waals surface area contributed by atoms with Crippen molar-refractivity contribution in [2.75, 3.05) is 6.61 Å². The first-order valence-electron chi connectivity index (χ1n) is 9.35. The van der Waals surface area contributed by atoms with E-state index in [-0.39, 0.29) is 11.7 Å². The van der Waals surface area contributed by atoms with Crippen molar-refractivity contribution in [2.45, 2.75) is 96.2 Å². The van der Waals surface area contributed by atoms with Crippen molar-refractivity contribution in [3.05, 3.63) is 0 Å². The lowest BCUT2D eigenvalue weighted by Crippen LogP contribution is -2.48. The molecule has 0 bridgehead atoms. The van der Waals surface area contributed by atoms with Crippen LogP contribution in [0.4, 0.5) is 0 Å². The molecule has 3 unspecified atom stereocenters. The summed E-state index contributed by atoms with van der Waals surface area (Å²) in [5.41, 5.74) is 0.441. The minimum Gasteiger partial charge on any atom is -0.393 e. The maximum atomic E-state index is 11.1. The Kier molecular flexibility index (Phi) is 4.66. The average molecular weight is 294 g/mol. The first-order chi connectivity index (χ1) is 10.0. The van der Waals surface area contributed by atoms with Crippen LogP contribution in [-0.2, 0) is 4.74 Å². The second kappa shape index (κ2) is 6.20. The summed E-state index contributed by atoms with van der Waals surface area (Å²) >= 11 is 0. The Bertz CT molecular complexity index is 338. The van der Waals surface area contributed by atoms with Gasteiger partial charge < -0.3 is 9.84 Å². The standard InChI is InChI=1S/C19H34O2/c1-18(2)10-7-4-8-16(18)17(20)15-9-13-21-19(14-15)11-5-3-6-12-19/h15-17,20H,3-14H2,1-2H3. The van der Waals surface area contributed by atoms with Crippen molar-refractivity contribution in [1.29, 1.82) is 0 Å². The third-order valence-corrected chi connectivity index (χ3v) is 6.78. The zero-order valence-corrected chi connectivity index (χ0v) is 14.1. The van der Waals surface area contributed by atoms with Crippen molar-refractivity contribution < 1.29 is 9.84 Å². The van der Waals surface area contributed by atoms with E-state index in [2.05, 4.69) is 13.8 Å². The molecule has 0 aromatic rings. The van der Waals surface area contributed by atoms with E-state index in [4.69, 9.17) is 4.74 Å². The van der Waals surface area contributed by atoms with Crippen LogP contribution >= 0.6 is 0 Å². The molecule has 0 aromatic carbocycles. The van der Waals surface area contributed by atoms with Gasteiger partial charge in [-0.25, -0.2) is 0 Å². The summed E-state index contributed by atoms with van der Waals surface area (Å²) in [7, 11) is 0. The minimum atomic E-state index is -0.108. The summed E-state index contributed by atoms with van der Waals surface area (Å²) in [6.07, 6.45) is 13.7. The number of rotatable bonds is 2. The van der Waals surface area contributed by atoms with Gasteiger partial charge >= 0.3 is 0 Å². The molecule has 2 heteroatoms. The topological polar surface area (TPSA) is 29.5 Å². The second-order valence-electron chi connectivity index (χ2n) is 8.68. The Balaban J connectivity index is 1.67. The first kappa shape index (κ1) is 15.8. The summed E-state index contributed by atoms with van der Waals surface area (Å²) in [5.74, 6) is 0.967. The van der Waals surface area contributed by atoms with Gasteiger partial charge in [-0.3, -0.25) is 0 Å². The molecule has 2 aliphatic carbocycles. The normalized spacial score (nSPS) is 37.3. The summed E-state index contributed by atoms with van der Waals surface area (Å²) in [6, 6.07) is 0. The van der Waals surface area contributed by atoms with E-state index < -0.39 is 0 Å². The number of ether oxygens (including phenoxy) is 1. The van der Waals surface area contributed by atoms with E-state index in [1.807, 2.05) is 0 Å². The maximum absolute atomic E-state index is 11.1. The molecule has 0 radical (unpaired) electrons. The van der Waals surface area contributed by atoms with Crippen LogP contribution in [0.25, 0.3) is 0 Å². The summed E-state index contributed by atoms with van der Waals surface area (Å²) in [4.78, 5) is 0. The molecule has 3 aliphatic rings. The Morgan fingerprint density at radius 3 is 2.38 bits per heavy atom. The molecule has 3 atom stereocenters. The molecule has 1 aliphatic heterocycles. The van der Waals surface area contributed by atoms with Gasteiger partial charge in [-0.05, 0) is 55.8 Å².